The Labute approximate surface area is 153 Å². The van der Waals surface area contributed by atoms with Gasteiger partial charge in [-0.25, -0.2) is 0 Å². The summed E-state index contributed by atoms with van der Waals surface area (Å²) >= 11 is 0. The highest BCUT2D eigenvalue weighted by Crippen LogP contribution is 2.37. The van der Waals surface area contributed by atoms with Crippen molar-refractivity contribution in [1.82, 2.24) is 4.98 Å². The van der Waals surface area contributed by atoms with E-state index in [1.165, 1.54) is 21.5 Å². The summed E-state index contributed by atoms with van der Waals surface area (Å²) in [5.41, 5.74) is 2.66. The van der Waals surface area contributed by atoms with E-state index in [9.17, 15) is 0 Å². The third kappa shape index (κ3) is 2.22. The molecule has 130 valence electrons. The van der Waals surface area contributed by atoms with E-state index in [4.69, 9.17) is 9.31 Å². The lowest BCUT2D eigenvalue weighted by Crippen LogP contribution is -2.41. The molecule has 1 aliphatic rings. The van der Waals surface area contributed by atoms with Gasteiger partial charge >= 0.3 is 7.12 Å². The van der Waals surface area contributed by atoms with Crippen LogP contribution in [-0.2, 0) is 9.31 Å². The van der Waals surface area contributed by atoms with Crippen molar-refractivity contribution in [3.05, 3.63) is 54.6 Å². The summed E-state index contributed by atoms with van der Waals surface area (Å²) in [6.45, 7) is 8.33. The predicted octanol–water partition coefficient (Wildman–Crippen LogP) is 4.77. The van der Waals surface area contributed by atoms with Gasteiger partial charge in [0.1, 0.15) is 0 Å². The molecule has 1 N–H and O–H groups in total. The van der Waals surface area contributed by atoms with Gasteiger partial charge in [0.15, 0.2) is 0 Å². The Balaban J connectivity index is 1.64. The molecule has 0 atom stereocenters. The van der Waals surface area contributed by atoms with E-state index in [2.05, 4.69) is 87.3 Å². The largest absolute Gasteiger partial charge is 0.494 e. The number of rotatable bonds is 1. The van der Waals surface area contributed by atoms with Crippen molar-refractivity contribution in [3.8, 4) is 0 Å². The van der Waals surface area contributed by atoms with Gasteiger partial charge in [-0.15, -0.1) is 0 Å². The minimum Gasteiger partial charge on any atom is -0.399 e. The van der Waals surface area contributed by atoms with E-state index in [1.54, 1.807) is 0 Å². The van der Waals surface area contributed by atoms with Gasteiger partial charge in [0.05, 0.1) is 11.2 Å². The number of fused-ring (bicyclic) bond motifs is 4. The van der Waals surface area contributed by atoms with Gasteiger partial charge in [0.2, 0.25) is 0 Å². The second-order valence-electron chi connectivity index (χ2n) is 8.26. The Morgan fingerprint density at radius 3 is 2.04 bits per heavy atom. The first-order chi connectivity index (χ1) is 12.3. The first-order valence-corrected chi connectivity index (χ1v) is 9.14. The molecule has 2 heterocycles. The summed E-state index contributed by atoms with van der Waals surface area (Å²) in [6, 6.07) is 19.4. The SMILES string of the molecule is CC1(C)OB(c2ccc3c(c2)[nH]c2cc4ccccc4cc23)OC1(C)C. The molecule has 1 saturated heterocycles. The fourth-order valence-electron chi connectivity index (χ4n) is 3.74. The van der Waals surface area contributed by atoms with E-state index >= 15 is 0 Å². The maximum atomic E-state index is 6.20. The molecule has 1 aromatic heterocycles. The van der Waals surface area contributed by atoms with Crippen LogP contribution in [0.15, 0.2) is 54.6 Å². The summed E-state index contributed by atoms with van der Waals surface area (Å²) in [4.78, 5) is 3.56. The first kappa shape index (κ1) is 15.9. The van der Waals surface area contributed by atoms with Crippen LogP contribution in [0.2, 0.25) is 0 Å². The van der Waals surface area contributed by atoms with E-state index < -0.39 is 0 Å². The molecule has 0 spiro atoms. The zero-order valence-electron chi connectivity index (χ0n) is 15.6. The summed E-state index contributed by atoms with van der Waals surface area (Å²) in [7, 11) is -0.338. The van der Waals surface area contributed by atoms with Gasteiger partial charge in [-0.3, -0.25) is 0 Å². The van der Waals surface area contributed by atoms with Crippen LogP contribution >= 0.6 is 0 Å². The highest BCUT2D eigenvalue weighted by Gasteiger charge is 2.51. The maximum absolute atomic E-state index is 6.20. The molecule has 0 saturated carbocycles. The maximum Gasteiger partial charge on any atom is 0.494 e. The third-order valence-corrected chi connectivity index (χ3v) is 6.01. The van der Waals surface area contributed by atoms with Crippen LogP contribution in [0.1, 0.15) is 27.7 Å². The molecule has 0 bridgehead atoms. The number of nitrogens with one attached hydrogen (secondary N) is 1. The Kier molecular flexibility index (Phi) is 3.14. The van der Waals surface area contributed by atoms with Crippen molar-refractivity contribution in [2.75, 3.05) is 0 Å². The smallest absolute Gasteiger partial charge is 0.399 e. The molecule has 4 aromatic rings. The second-order valence-corrected chi connectivity index (χ2v) is 8.26. The van der Waals surface area contributed by atoms with Gasteiger partial charge in [-0.05, 0) is 62.1 Å². The van der Waals surface area contributed by atoms with Crippen molar-refractivity contribution in [2.24, 2.45) is 0 Å². The third-order valence-electron chi connectivity index (χ3n) is 6.01. The average molecular weight is 343 g/mol. The van der Waals surface area contributed by atoms with Gasteiger partial charge in [-0.1, -0.05) is 36.4 Å². The average Bonchev–Trinajstić information content (AvgIpc) is 3.05. The Bertz CT molecular complexity index is 1140. The molecule has 1 fully saturated rings. The number of benzene rings is 3. The van der Waals surface area contributed by atoms with Gasteiger partial charge in [0.25, 0.3) is 0 Å². The molecule has 1 aliphatic heterocycles. The molecule has 3 nitrogen and oxygen atoms in total. The van der Waals surface area contributed by atoms with E-state index in [-0.39, 0.29) is 18.3 Å². The van der Waals surface area contributed by atoms with Crippen molar-refractivity contribution >= 4 is 45.2 Å². The predicted molar refractivity (Wildman–Crippen MR) is 109 cm³/mol. The van der Waals surface area contributed by atoms with Gasteiger partial charge in [0, 0.05) is 21.8 Å². The Hall–Kier alpha value is -2.30. The van der Waals surface area contributed by atoms with Crippen LogP contribution < -0.4 is 5.46 Å². The lowest BCUT2D eigenvalue weighted by atomic mass is 9.79. The lowest BCUT2D eigenvalue weighted by molar-refractivity contribution is 0.00578. The molecule has 0 radical (unpaired) electrons. The minimum absolute atomic E-state index is 0.329. The zero-order chi connectivity index (χ0) is 18.1. The summed E-state index contributed by atoms with van der Waals surface area (Å²) in [5.74, 6) is 0. The quantitative estimate of drug-likeness (QED) is 0.505. The zero-order valence-corrected chi connectivity index (χ0v) is 15.6. The van der Waals surface area contributed by atoms with Crippen molar-refractivity contribution in [1.29, 1.82) is 0 Å². The standard InChI is InChI=1S/C22H22BNO2/c1-21(2)22(3,4)26-23(25-21)16-9-10-17-18-11-14-7-5-6-8-15(14)12-19(18)24-20(17)13-16/h5-13,24H,1-4H3. The molecule has 0 amide bonds. The number of hydrogen-bond acceptors (Lipinski definition) is 2. The highest BCUT2D eigenvalue weighted by atomic mass is 16.7. The lowest BCUT2D eigenvalue weighted by Gasteiger charge is -2.32. The topological polar surface area (TPSA) is 34.2 Å². The summed E-state index contributed by atoms with van der Waals surface area (Å²) in [5, 5.41) is 4.99. The van der Waals surface area contributed by atoms with Crippen LogP contribution in [0, 0.1) is 0 Å². The number of aromatic nitrogens is 1. The van der Waals surface area contributed by atoms with E-state index in [0.29, 0.717) is 0 Å². The van der Waals surface area contributed by atoms with E-state index in [1.807, 2.05) is 0 Å². The molecule has 0 unspecified atom stereocenters. The van der Waals surface area contributed by atoms with Crippen LogP contribution in [0.3, 0.4) is 0 Å². The van der Waals surface area contributed by atoms with Crippen LogP contribution in [0.4, 0.5) is 0 Å². The monoisotopic (exact) mass is 343 g/mol. The van der Waals surface area contributed by atoms with Crippen LogP contribution in [-0.4, -0.2) is 23.3 Å². The molecular weight excluding hydrogens is 321 g/mol. The first-order valence-electron chi connectivity index (χ1n) is 9.14. The van der Waals surface area contributed by atoms with Crippen LogP contribution in [0.25, 0.3) is 32.6 Å². The molecular formula is C22H22BNO2. The molecule has 4 heteroatoms. The van der Waals surface area contributed by atoms with Crippen molar-refractivity contribution < 1.29 is 9.31 Å². The minimum atomic E-state index is -0.338. The summed E-state index contributed by atoms with van der Waals surface area (Å²) in [6.07, 6.45) is 0. The molecule has 3 aromatic carbocycles. The van der Waals surface area contributed by atoms with Crippen molar-refractivity contribution in [2.45, 2.75) is 38.9 Å². The Morgan fingerprint density at radius 2 is 1.35 bits per heavy atom. The number of hydrogen-bond donors (Lipinski definition) is 1. The fraction of sp³-hybridized carbons (Fsp3) is 0.273. The van der Waals surface area contributed by atoms with Gasteiger partial charge in [-0.2, -0.15) is 0 Å². The molecule has 0 aliphatic carbocycles. The fourth-order valence-corrected chi connectivity index (χ4v) is 3.74. The number of aromatic amines is 1. The highest BCUT2D eigenvalue weighted by molar-refractivity contribution is 6.62. The second kappa shape index (κ2) is 5.12. The normalized spacial score (nSPS) is 19.0. The molecule has 26 heavy (non-hydrogen) atoms. The van der Waals surface area contributed by atoms with Gasteiger partial charge < -0.3 is 14.3 Å². The number of H-pyrrole nitrogens is 1. The van der Waals surface area contributed by atoms with Crippen molar-refractivity contribution in [3.63, 3.8) is 0 Å². The molecule has 5 rings (SSSR count). The Morgan fingerprint density at radius 1 is 0.731 bits per heavy atom. The summed E-state index contributed by atoms with van der Waals surface area (Å²) < 4.78 is 12.4. The van der Waals surface area contributed by atoms with Crippen LogP contribution in [0.5, 0.6) is 0 Å². The van der Waals surface area contributed by atoms with E-state index in [0.717, 1.165) is 16.5 Å².